The van der Waals surface area contributed by atoms with E-state index in [-0.39, 0.29) is 30.2 Å². The third-order valence-corrected chi connectivity index (χ3v) is 7.96. The topological polar surface area (TPSA) is 142 Å². The van der Waals surface area contributed by atoms with E-state index in [4.69, 9.17) is 33.7 Å². The van der Waals surface area contributed by atoms with Gasteiger partial charge in [0, 0.05) is 29.4 Å². The smallest absolute Gasteiger partial charge is 0.410 e. The Labute approximate surface area is 235 Å². The van der Waals surface area contributed by atoms with E-state index in [0.717, 1.165) is 0 Å². The van der Waals surface area contributed by atoms with E-state index >= 15 is 4.39 Å². The number of anilines is 1. The number of amides is 3. The lowest BCUT2D eigenvalue weighted by Crippen LogP contribution is -2.47. The molecule has 5 N–H and O–H groups in total. The lowest BCUT2D eigenvalue weighted by atomic mass is 9.63. The minimum atomic E-state index is -1.50. The van der Waals surface area contributed by atoms with Gasteiger partial charge >= 0.3 is 6.09 Å². The molecule has 210 valence electrons. The number of ether oxygens (including phenoxy) is 1. The maximum absolute atomic E-state index is 15.7. The molecule has 1 spiro atoms. The highest BCUT2D eigenvalue weighted by atomic mass is 35.5. The molecule has 1 unspecified atom stereocenters. The summed E-state index contributed by atoms with van der Waals surface area (Å²) in [5, 5.41) is 23.2. The second-order valence-corrected chi connectivity index (χ2v) is 11.7. The van der Waals surface area contributed by atoms with Gasteiger partial charge in [0.15, 0.2) is 0 Å². The Morgan fingerprint density at radius 3 is 2.69 bits per heavy atom. The van der Waals surface area contributed by atoms with Crippen LogP contribution in [0.15, 0.2) is 36.4 Å². The average Bonchev–Trinajstić information content (AvgIpc) is 3.33. The van der Waals surface area contributed by atoms with Crippen molar-refractivity contribution in [1.82, 2.24) is 4.90 Å². The van der Waals surface area contributed by atoms with Crippen molar-refractivity contribution in [2.75, 3.05) is 25.1 Å². The van der Waals surface area contributed by atoms with E-state index in [1.54, 1.807) is 18.2 Å². The van der Waals surface area contributed by atoms with Crippen molar-refractivity contribution in [1.29, 1.82) is 0 Å². The van der Waals surface area contributed by atoms with Crippen molar-refractivity contribution in [3.63, 3.8) is 0 Å². The van der Waals surface area contributed by atoms with Gasteiger partial charge in [-0.3, -0.25) is 14.5 Å². The van der Waals surface area contributed by atoms with Crippen LogP contribution in [0.3, 0.4) is 0 Å². The number of likely N-dealkylation sites (tertiary alicyclic amines) is 1. The summed E-state index contributed by atoms with van der Waals surface area (Å²) >= 11 is 12.4. The predicted molar refractivity (Wildman–Crippen MR) is 143 cm³/mol. The first-order chi connectivity index (χ1) is 18.3. The molecule has 2 heterocycles. The Kier molecular flexibility index (Phi) is 8.14. The normalized spacial score (nSPS) is 23.1. The van der Waals surface area contributed by atoms with Crippen molar-refractivity contribution in [3.8, 4) is 0 Å². The van der Waals surface area contributed by atoms with Gasteiger partial charge in [0.1, 0.15) is 17.8 Å². The summed E-state index contributed by atoms with van der Waals surface area (Å²) in [6.45, 7) is 2.87. The van der Waals surface area contributed by atoms with Crippen molar-refractivity contribution >= 4 is 46.8 Å². The molecule has 0 bridgehead atoms. The first-order valence-corrected chi connectivity index (χ1v) is 13.1. The zero-order valence-electron chi connectivity index (χ0n) is 21.4. The minimum Gasteiger partial charge on any atom is -0.447 e. The lowest BCUT2D eigenvalue weighted by Gasteiger charge is -2.38. The summed E-state index contributed by atoms with van der Waals surface area (Å²) in [7, 11) is 0. The molecule has 3 amide bonds. The quantitative estimate of drug-likeness (QED) is 0.373. The fourth-order valence-electron chi connectivity index (χ4n) is 5.78. The first kappa shape index (κ1) is 29.1. The van der Waals surface area contributed by atoms with E-state index in [2.05, 4.69) is 5.32 Å². The van der Waals surface area contributed by atoms with E-state index in [0.29, 0.717) is 16.3 Å². The molecule has 2 aromatic carbocycles. The number of carbonyl (C=O) groups is 3. The number of nitrogens with two attached hydrogens (primary N) is 1. The number of primary amides is 1. The molecular formula is C27H30Cl2FN3O6. The first-order valence-electron chi connectivity index (χ1n) is 12.4. The molecule has 9 nitrogen and oxygen atoms in total. The van der Waals surface area contributed by atoms with Gasteiger partial charge in [-0.05, 0) is 41.5 Å². The molecule has 0 aliphatic carbocycles. The maximum atomic E-state index is 15.7. The van der Waals surface area contributed by atoms with Crippen LogP contribution >= 0.6 is 23.2 Å². The largest absolute Gasteiger partial charge is 0.447 e. The third-order valence-electron chi connectivity index (χ3n) is 7.43. The number of carbonyl (C=O) groups excluding carboxylic acids is 3. The molecule has 1 saturated heterocycles. The van der Waals surface area contributed by atoms with Gasteiger partial charge < -0.3 is 26.0 Å². The van der Waals surface area contributed by atoms with E-state index in [1.165, 1.54) is 23.1 Å². The summed E-state index contributed by atoms with van der Waals surface area (Å²) in [5.41, 5.74) is 3.90. The Hall–Kier alpha value is -2.92. The molecule has 2 aliphatic heterocycles. The second kappa shape index (κ2) is 10.9. The standard InChI is InChI=1S/C27H30Cl2FN3O6/c1-26(2,13-34)10-14-11-33(25(38)39-12-16(35)9-21(31)36)23(17-4-3-5-19(29)22(17)30)27(14)18-7-6-15(28)8-20(18)32-24(27)37/h3-8,14,16,23,34-35H,9-13H2,1-2H3,(H2,31,36)(H,32,37)/t14-,16+,23-,27?/m1/s1. The van der Waals surface area contributed by atoms with Crippen LogP contribution in [0.1, 0.15) is 43.9 Å². The highest BCUT2D eigenvalue weighted by molar-refractivity contribution is 6.31. The summed E-state index contributed by atoms with van der Waals surface area (Å²) in [5.74, 6) is -2.64. The van der Waals surface area contributed by atoms with Crippen molar-refractivity contribution in [3.05, 3.63) is 63.4 Å². The van der Waals surface area contributed by atoms with Crippen molar-refractivity contribution < 1.29 is 33.7 Å². The molecule has 0 saturated carbocycles. The third kappa shape index (κ3) is 5.30. The predicted octanol–water partition coefficient (Wildman–Crippen LogP) is 3.78. The molecule has 4 atom stereocenters. The SMILES string of the molecule is CC(C)(CO)C[C@@H]1CN(C(=O)OC[C@@H](O)CC(N)=O)[C@H](c2cccc(Cl)c2F)C12C(=O)Nc1cc(Cl)ccc12. The Balaban J connectivity index is 1.90. The highest BCUT2D eigenvalue weighted by Crippen LogP contribution is 2.60. The number of nitrogens with zero attached hydrogens (tertiary/aromatic N) is 1. The number of fused-ring (bicyclic) bond motifs is 2. The number of rotatable bonds is 8. The molecule has 4 rings (SSSR count). The molecule has 0 aromatic heterocycles. The monoisotopic (exact) mass is 581 g/mol. The van der Waals surface area contributed by atoms with Crippen molar-refractivity contribution in [2.24, 2.45) is 17.1 Å². The summed E-state index contributed by atoms with van der Waals surface area (Å²) in [6.07, 6.45) is -2.41. The van der Waals surface area contributed by atoms with Crippen LogP contribution in [0, 0.1) is 17.2 Å². The van der Waals surface area contributed by atoms with Crippen LogP contribution in [0.5, 0.6) is 0 Å². The van der Waals surface area contributed by atoms with E-state index in [1.807, 2.05) is 13.8 Å². The summed E-state index contributed by atoms with van der Waals surface area (Å²) in [4.78, 5) is 40.0. The Morgan fingerprint density at radius 2 is 2.03 bits per heavy atom. The van der Waals surface area contributed by atoms with E-state index < -0.39 is 65.6 Å². The molecule has 12 heteroatoms. The van der Waals surface area contributed by atoms with Gasteiger partial charge in [-0.15, -0.1) is 0 Å². The highest BCUT2D eigenvalue weighted by Gasteiger charge is 2.66. The molecule has 0 radical (unpaired) electrons. The van der Waals surface area contributed by atoms with Gasteiger partial charge in [-0.1, -0.05) is 55.2 Å². The number of benzene rings is 2. The van der Waals surface area contributed by atoms with Gasteiger partial charge in [-0.2, -0.15) is 0 Å². The lowest BCUT2D eigenvalue weighted by molar-refractivity contribution is -0.124. The zero-order valence-corrected chi connectivity index (χ0v) is 22.9. The van der Waals surface area contributed by atoms with Gasteiger partial charge in [0.05, 0.1) is 23.6 Å². The fraction of sp³-hybridized carbons (Fsp3) is 0.444. The molecule has 1 fully saturated rings. The van der Waals surface area contributed by atoms with Crippen LogP contribution < -0.4 is 11.1 Å². The van der Waals surface area contributed by atoms with Crippen LogP contribution in [-0.4, -0.2) is 58.9 Å². The molecular weight excluding hydrogens is 552 g/mol. The molecule has 2 aromatic rings. The molecule has 39 heavy (non-hydrogen) atoms. The Morgan fingerprint density at radius 1 is 1.31 bits per heavy atom. The zero-order chi connectivity index (χ0) is 28.7. The van der Waals surface area contributed by atoms with Crippen LogP contribution in [-0.2, 0) is 19.7 Å². The van der Waals surface area contributed by atoms with Crippen molar-refractivity contribution in [2.45, 2.75) is 44.2 Å². The molecule has 2 aliphatic rings. The number of hydrogen-bond donors (Lipinski definition) is 4. The number of halogens is 3. The van der Waals surface area contributed by atoms with Gasteiger partial charge in [0.25, 0.3) is 0 Å². The summed E-state index contributed by atoms with van der Waals surface area (Å²) < 4.78 is 21.0. The Bertz CT molecular complexity index is 1310. The number of aliphatic hydroxyl groups is 2. The second-order valence-electron chi connectivity index (χ2n) is 10.8. The van der Waals surface area contributed by atoms with Crippen LogP contribution in [0.2, 0.25) is 10.0 Å². The van der Waals surface area contributed by atoms with Gasteiger partial charge in [0.2, 0.25) is 11.8 Å². The van der Waals surface area contributed by atoms with Crippen LogP contribution in [0.4, 0.5) is 14.9 Å². The van der Waals surface area contributed by atoms with Gasteiger partial charge in [-0.25, -0.2) is 9.18 Å². The minimum absolute atomic E-state index is 0.000566. The van der Waals surface area contributed by atoms with E-state index in [9.17, 15) is 24.6 Å². The maximum Gasteiger partial charge on any atom is 0.410 e. The average molecular weight is 582 g/mol. The number of aliphatic hydroxyl groups excluding tert-OH is 2. The fourth-order valence-corrected chi connectivity index (χ4v) is 6.14. The number of nitrogens with one attached hydrogen (secondary N) is 1. The number of hydrogen-bond acceptors (Lipinski definition) is 6. The summed E-state index contributed by atoms with van der Waals surface area (Å²) in [6, 6.07) is 8.01. The van der Waals surface area contributed by atoms with Crippen LogP contribution in [0.25, 0.3) is 0 Å².